The molecule has 1 aromatic heterocycles. The van der Waals surface area contributed by atoms with Gasteiger partial charge < -0.3 is 0 Å². The van der Waals surface area contributed by atoms with Crippen molar-refractivity contribution in [1.29, 1.82) is 0 Å². The van der Waals surface area contributed by atoms with Crippen molar-refractivity contribution in [3.05, 3.63) is 23.2 Å². The topological polar surface area (TPSA) is 59.1 Å². The highest BCUT2D eigenvalue weighted by Gasteiger charge is 2.43. The molecule has 0 unspecified atom stereocenters. The van der Waals surface area contributed by atoms with Crippen LogP contribution in [-0.2, 0) is 10.0 Å². The number of rotatable bonds is 3. The Kier molecular flexibility index (Phi) is 3.77. The molecule has 1 saturated carbocycles. The standard InChI is InChI=1S/C9H8Cl3FN2O2S/c10-7-2-1-6(8(13)14-7)18(16,17)15-5-3-9(11,12)4-5/h1-2,5,15H,3-4H2. The Morgan fingerprint density at radius 1 is 1.39 bits per heavy atom. The number of nitrogens with one attached hydrogen (secondary N) is 1. The lowest BCUT2D eigenvalue weighted by molar-refractivity contribution is 0.358. The first kappa shape index (κ1) is 14.3. The first-order valence-electron chi connectivity index (χ1n) is 4.92. The van der Waals surface area contributed by atoms with Crippen LogP contribution in [0.4, 0.5) is 4.39 Å². The predicted molar refractivity (Wildman–Crippen MR) is 67.0 cm³/mol. The van der Waals surface area contributed by atoms with Crippen LogP contribution in [0, 0.1) is 5.95 Å². The Morgan fingerprint density at radius 2 is 2.00 bits per heavy atom. The molecule has 1 aromatic rings. The number of pyridine rings is 1. The lowest BCUT2D eigenvalue weighted by atomic mass is 9.93. The van der Waals surface area contributed by atoms with E-state index in [9.17, 15) is 12.8 Å². The number of hydrogen-bond acceptors (Lipinski definition) is 3. The fraction of sp³-hybridized carbons (Fsp3) is 0.444. The molecule has 1 N–H and O–H groups in total. The highest BCUT2D eigenvalue weighted by molar-refractivity contribution is 7.89. The van der Waals surface area contributed by atoms with Gasteiger partial charge in [0.15, 0.2) is 0 Å². The van der Waals surface area contributed by atoms with Crippen LogP contribution < -0.4 is 4.72 Å². The smallest absolute Gasteiger partial charge is 0.208 e. The summed E-state index contributed by atoms with van der Waals surface area (Å²) in [4.78, 5) is 2.70. The van der Waals surface area contributed by atoms with Crippen LogP contribution in [0.15, 0.2) is 17.0 Å². The third-order valence-electron chi connectivity index (χ3n) is 2.48. The van der Waals surface area contributed by atoms with Gasteiger partial charge in [-0.15, -0.1) is 23.2 Å². The summed E-state index contributed by atoms with van der Waals surface area (Å²) in [6.07, 6.45) is 0.552. The molecular weight excluding hydrogens is 326 g/mol. The van der Waals surface area contributed by atoms with Crippen molar-refractivity contribution >= 4 is 44.8 Å². The number of alkyl halides is 2. The molecule has 1 fully saturated rings. The summed E-state index contributed by atoms with van der Waals surface area (Å²) >= 11 is 17.0. The van der Waals surface area contributed by atoms with Gasteiger partial charge in [-0.1, -0.05) is 11.6 Å². The van der Waals surface area contributed by atoms with Crippen LogP contribution in [-0.4, -0.2) is 23.8 Å². The molecule has 0 spiro atoms. The molecule has 0 saturated heterocycles. The van der Waals surface area contributed by atoms with Gasteiger partial charge in [0, 0.05) is 6.04 Å². The van der Waals surface area contributed by atoms with Gasteiger partial charge in [0.25, 0.3) is 0 Å². The van der Waals surface area contributed by atoms with Gasteiger partial charge in [0.05, 0.1) is 0 Å². The largest absolute Gasteiger partial charge is 0.245 e. The number of hydrogen-bond donors (Lipinski definition) is 1. The zero-order chi connectivity index (χ0) is 13.6. The highest BCUT2D eigenvalue weighted by Crippen LogP contribution is 2.42. The van der Waals surface area contributed by atoms with Gasteiger partial charge in [-0.25, -0.2) is 18.1 Å². The zero-order valence-corrected chi connectivity index (χ0v) is 11.9. The van der Waals surface area contributed by atoms with E-state index in [2.05, 4.69) is 9.71 Å². The van der Waals surface area contributed by atoms with Crippen LogP contribution in [0.2, 0.25) is 5.15 Å². The number of sulfonamides is 1. The fourth-order valence-corrected chi connectivity index (χ4v) is 3.76. The molecular formula is C9H8Cl3FN2O2S. The number of nitrogens with zero attached hydrogens (tertiary/aromatic N) is 1. The van der Waals surface area contributed by atoms with Crippen molar-refractivity contribution in [3.8, 4) is 0 Å². The maximum absolute atomic E-state index is 13.4. The Balaban J connectivity index is 2.16. The molecule has 4 nitrogen and oxygen atoms in total. The Bertz CT molecular complexity index is 571. The van der Waals surface area contributed by atoms with E-state index in [0.29, 0.717) is 0 Å². The van der Waals surface area contributed by atoms with Crippen molar-refractivity contribution in [2.45, 2.75) is 28.1 Å². The summed E-state index contributed by atoms with van der Waals surface area (Å²) < 4.78 is 38.5. The van der Waals surface area contributed by atoms with Gasteiger partial charge in [0.2, 0.25) is 16.0 Å². The summed E-state index contributed by atoms with van der Waals surface area (Å²) in [5.74, 6) is -1.14. The average Bonchev–Trinajstić information content (AvgIpc) is 2.12. The molecule has 0 amide bonds. The average molecular weight is 334 g/mol. The fourth-order valence-electron chi connectivity index (χ4n) is 1.63. The summed E-state index contributed by atoms with van der Waals surface area (Å²) in [5, 5.41) is -0.115. The van der Waals surface area contributed by atoms with E-state index < -0.39 is 31.2 Å². The normalized spacial score (nSPS) is 19.6. The summed E-state index contributed by atoms with van der Waals surface area (Å²) in [6, 6.07) is 1.85. The SMILES string of the molecule is O=S(=O)(NC1CC(Cl)(Cl)C1)c1ccc(Cl)nc1F. The van der Waals surface area contributed by atoms with Gasteiger partial charge in [0.1, 0.15) is 14.4 Å². The molecule has 0 aliphatic heterocycles. The van der Waals surface area contributed by atoms with E-state index in [1.807, 2.05) is 0 Å². The molecule has 0 aromatic carbocycles. The number of aromatic nitrogens is 1. The Morgan fingerprint density at radius 3 is 2.50 bits per heavy atom. The highest BCUT2D eigenvalue weighted by atomic mass is 35.5. The van der Waals surface area contributed by atoms with Crippen molar-refractivity contribution in [2.24, 2.45) is 0 Å². The summed E-state index contributed by atoms with van der Waals surface area (Å²) in [7, 11) is -3.98. The first-order chi connectivity index (χ1) is 8.20. The van der Waals surface area contributed by atoms with E-state index in [1.165, 1.54) is 6.07 Å². The predicted octanol–water partition coefficient (Wildman–Crippen LogP) is 2.49. The third kappa shape index (κ3) is 3.05. The van der Waals surface area contributed by atoms with E-state index in [-0.39, 0.29) is 18.0 Å². The lowest BCUT2D eigenvalue weighted by Crippen LogP contribution is -2.49. The van der Waals surface area contributed by atoms with Crippen molar-refractivity contribution in [2.75, 3.05) is 0 Å². The molecule has 18 heavy (non-hydrogen) atoms. The second-order valence-electron chi connectivity index (χ2n) is 4.01. The summed E-state index contributed by atoms with van der Waals surface area (Å²) in [6.45, 7) is 0. The van der Waals surface area contributed by atoms with Crippen LogP contribution in [0.5, 0.6) is 0 Å². The molecule has 1 aliphatic rings. The molecule has 0 radical (unpaired) electrons. The van der Waals surface area contributed by atoms with E-state index >= 15 is 0 Å². The molecule has 0 bridgehead atoms. The lowest BCUT2D eigenvalue weighted by Gasteiger charge is -2.38. The van der Waals surface area contributed by atoms with Crippen LogP contribution in [0.3, 0.4) is 0 Å². The van der Waals surface area contributed by atoms with Crippen LogP contribution >= 0.6 is 34.8 Å². The zero-order valence-electron chi connectivity index (χ0n) is 8.83. The van der Waals surface area contributed by atoms with E-state index in [1.54, 1.807) is 0 Å². The minimum Gasteiger partial charge on any atom is -0.208 e. The minimum atomic E-state index is -3.98. The maximum Gasteiger partial charge on any atom is 0.245 e. The minimum absolute atomic E-state index is 0.115. The van der Waals surface area contributed by atoms with Gasteiger partial charge in [-0.3, -0.25) is 0 Å². The monoisotopic (exact) mass is 332 g/mol. The molecule has 9 heteroatoms. The van der Waals surface area contributed by atoms with Crippen LogP contribution in [0.25, 0.3) is 0 Å². The van der Waals surface area contributed by atoms with Gasteiger partial charge in [-0.05, 0) is 25.0 Å². The molecule has 0 atom stereocenters. The summed E-state index contributed by atoms with van der Waals surface area (Å²) in [5.41, 5.74) is 0. The van der Waals surface area contributed by atoms with E-state index in [4.69, 9.17) is 34.8 Å². The third-order valence-corrected chi connectivity index (χ3v) is 4.84. The van der Waals surface area contributed by atoms with Crippen molar-refractivity contribution in [1.82, 2.24) is 9.71 Å². The molecule has 1 heterocycles. The Hall–Kier alpha value is -0.140. The maximum atomic E-state index is 13.4. The first-order valence-corrected chi connectivity index (χ1v) is 7.53. The van der Waals surface area contributed by atoms with Crippen LogP contribution in [0.1, 0.15) is 12.8 Å². The quantitative estimate of drug-likeness (QED) is 0.683. The van der Waals surface area contributed by atoms with E-state index in [0.717, 1.165) is 6.07 Å². The second-order valence-corrected chi connectivity index (χ2v) is 7.72. The molecule has 1 aliphatic carbocycles. The number of halogens is 4. The molecule has 100 valence electrons. The molecule has 2 rings (SSSR count). The second kappa shape index (κ2) is 4.76. The van der Waals surface area contributed by atoms with Crippen molar-refractivity contribution < 1.29 is 12.8 Å². The Labute approximate surface area is 118 Å². The van der Waals surface area contributed by atoms with Gasteiger partial charge >= 0.3 is 0 Å². The van der Waals surface area contributed by atoms with Crippen molar-refractivity contribution in [3.63, 3.8) is 0 Å². The van der Waals surface area contributed by atoms with Gasteiger partial charge in [-0.2, -0.15) is 4.39 Å².